The first-order chi connectivity index (χ1) is 10.0. The molecule has 6 heteroatoms. The molecule has 0 fully saturated rings. The van der Waals surface area contributed by atoms with Crippen LogP contribution in [0.1, 0.15) is 11.1 Å². The van der Waals surface area contributed by atoms with Crippen LogP contribution in [-0.2, 0) is 13.2 Å². The van der Waals surface area contributed by atoms with Crippen LogP contribution in [0.15, 0.2) is 30.3 Å². The van der Waals surface area contributed by atoms with Crippen LogP contribution in [0.25, 0.3) is 0 Å². The molecule has 0 saturated heterocycles. The summed E-state index contributed by atoms with van der Waals surface area (Å²) in [6.45, 7) is 0.111. The van der Waals surface area contributed by atoms with Crippen LogP contribution >= 0.6 is 11.6 Å². The van der Waals surface area contributed by atoms with Crippen LogP contribution in [0, 0.1) is 17.5 Å². The molecule has 0 saturated carbocycles. The van der Waals surface area contributed by atoms with Crippen LogP contribution in [-0.4, -0.2) is 7.05 Å². The molecule has 2 rings (SSSR count). The molecule has 0 amide bonds. The molecule has 0 radical (unpaired) electrons. The highest BCUT2D eigenvalue weighted by atomic mass is 35.5. The Morgan fingerprint density at radius 2 is 1.76 bits per heavy atom. The van der Waals surface area contributed by atoms with Gasteiger partial charge >= 0.3 is 0 Å². The lowest BCUT2D eigenvalue weighted by molar-refractivity contribution is 0.273. The maximum Gasteiger partial charge on any atom is 0.191 e. The Hall–Kier alpha value is -1.72. The standard InChI is InChI=1S/C15H13ClF3NO/c1-20-7-9-5-12(18)15(13(19)6-9)21-8-10-3-2-4-11(17)14(10)16/h2-6,20H,7-8H2,1H3. The van der Waals surface area contributed by atoms with E-state index in [2.05, 4.69) is 5.32 Å². The first kappa shape index (κ1) is 15.7. The third kappa shape index (κ3) is 3.68. The fourth-order valence-corrected chi connectivity index (χ4v) is 2.05. The highest BCUT2D eigenvalue weighted by molar-refractivity contribution is 6.31. The fourth-order valence-electron chi connectivity index (χ4n) is 1.87. The maximum absolute atomic E-state index is 13.8. The molecule has 0 aliphatic carbocycles. The Bertz CT molecular complexity index is 626. The van der Waals surface area contributed by atoms with Crippen LogP contribution in [0.4, 0.5) is 13.2 Å². The quantitative estimate of drug-likeness (QED) is 0.898. The molecular weight excluding hydrogens is 303 g/mol. The van der Waals surface area contributed by atoms with E-state index < -0.39 is 23.2 Å². The zero-order chi connectivity index (χ0) is 15.4. The van der Waals surface area contributed by atoms with Gasteiger partial charge < -0.3 is 10.1 Å². The minimum Gasteiger partial charge on any atom is -0.483 e. The van der Waals surface area contributed by atoms with E-state index in [4.69, 9.17) is 16.3 Å². The van der Waals surface area contributed by atoms with E-state index in [9.17, 15) is 13.2 Å². The number of halogens is 4. The van der Waals surface area contributed by atoms with Crippen LogP contribution in [0.2, 0.25) is 5.02 Å². The lowest BCUT2D eigenvalue weighted by Crippen LogP contribution is -2.07. The Morgan fingerprint density at radius 3 is 2.38 bits per heavy atom. The second-order valence-corrected chi connectivity index (χ2v) is 4.80. The molecule has 1 N–H and O–H groups in total. The lowest BCUT2D eigenvalue weighted by atomic mass is 10.2. The van der Waals surface area contributed by atoms with Gasteiger partial charge in [0.05, 0.1) is 5.02 Å². The van der Waals surface area contributed by atoms with Crippen LogP contribution < -0.4 is 10.1 Å². The van der Waals surface area contributed by atoms with Crippen molar-refractivity contribution < 1.29 is 17.9 Å². The summed E-state index contributed by atoms with van der Waals surface area (Å²) in [7, 11) is 1.67. The summed E-state index contributed by atoms with van der Waals surface area (Å²) in [5.41, 5.74) is 0.776. The molecule has 0 heterocycles. The molecule has 2 aromatic carbocycles. The average molecular weight is 316 g/mol. The van der Waals surface area contributed by atoms with E-state index in [1.165, 1.54) is 30.3 Å². The third-order valence-electron chi connectivity index (χ3n) is 2.84. The van der Waals surface area contributed by atoms with E-state index in [0.29, 0.717) is 17.7 Å². The zero-order valence-corrected chi connectivity index (χ0v) is 12.0. The molecule has 0 bridgehead atoms. The summed E-state index contributed by atoms with van der Waals surface area (Å²) in [5, 5.41) is 2.68. The van der Waals surface area contributed by atoms with Gasteiger partial charge in [-0.3, -0.25) is 0 Å². The van der Waals surface area contributed by atoms with Gasteiger partial charge in [-0.2, -0.15) is 0 Å². The highest BCUT2D eigenvalue weighted by Crippen LogP contribution is 2.26. The lowest BCUT2D eigenvalue weighted by Gasteiger charge is -2.11. The summed E-state index contributed by atoms with van der Waals surface area (Å²) in [5.74, 6) is -2.74. The number of nitrogens with one attached hydrogen (secondary N) is 1. The van der Waals surface area contributed by atoms with Crippen molar-refractivity contribution in [3.63, 3.8) is 0 Å². The predicted molar refractivity (Wildman–Crippen MR) is 74.9 cm³/mol. The minimum atomic E-state index is -0.812. The molecule has 0 aliphatic heterocycles. The highest BCUT2D eigenvalue weighted by Gasteiger charge is 2.14. The molecule has 21 heavy (non-hydrogen) atoms. The second-order valence-electron chi connectivity index (χ2n) is 4.42. The predicted octanol–water partition coefficient (Wildman–Crippen LogP) is 4.06. The zero-order valence-electron chi connectivity index (χ0n) is 11.2. The Balaban J connectivity index is 2.18. The molecule has 0 unspecified atom stereocenters. The van der Waals surface area contributed by atoms with E-state index in [-0.39, 0.29) is 11.6 Å². The maximum atomic E-state index is 13.8. The molecule has 112 valence electrons. The fraction of sp³-hybridized carbons (Fsp3) is 0.200. The van der Waals surface area contributed by atoms with Gasteiger partial charge in [0.25, 0.3) is 0 Å². The SMILES string of the molecule is CNCc1cc(F)c(OCc2cccc(F)c2Cl)c(F)c1. The number of ether oxygens (including phenoxy) is 1. The Labute approximate surface area is 125 Å². The van der Waals surface area contributed by atoms with Gasteiger partial charge in [-0.25, -0.2) is 13.2 Å². The molecule has 2 aromatic rings. The number of rotatable bonds is 5. The van der Waals surface area contributed by atoms with Gasteiger partial charge in [-0.05, 0) is 30.8 Å². The summed E-state index contributed by atoms with van der Waals surface area (Å²) >= 11 is 5.75. The van der Waals surface area contributed by atoms with Crippen molar-refractivity contribution in [2.24, 2.45) is 0 Å². The molecule has 0 atom stereocenters. The molecule has 2 nitrogen and oxygen atoms in total. The van der Waals surface area contributed by atoms with Crippen molar-refractivity contribution in [3.8, 4) is 5.75 Å². The summed E-state index contributed by atoms with van der Waals surface area (Å²) in [4.78, 5) is 0. The second kappa shape index (κ2) is 6.83. The topological polar surface area (TPSA) is 21.3 Å². The number of hydrogen-bond acceptors (Lipinski definition) is 2. The van der Waals surface area contributed by atoms with Crippen LogP contribution in [0.3, 0.4) is 0 Å². The van der Waals surface area contributed by atoms with Gasteiger partial charge in [-0.15, -0.1) is 0 Å². The van der Waals surface area contributed by atoms with Crippen LogP contribution in [0.5, 0.6) is 5.75 Å². The molecule has 0 aromatic heterocycles. The Kier molecular flexibility index (Phi) is 5.09. The summed E-state index contributed by atoms with van der Waals surface area (Å²) in [6, 6.07) is 6.53. The van der Waals surface area contributed by atoms with E-state index in [1.807, 2.05) is 0 Å². The van der Waals surface area contributed by atoms with Gasteiger partial charge in [0, 0.05) is 12.1 Å². The molecule has 0 spiro atoms. The van der Waals surface area contributed by atoms with Crippen molar-refractivity contribution in [2.45, 2.75) is 13.2 Å². The summed E-state index contributed by atoms with van der Waals surface area (Å²) in [6.07, 6.45) is 0. The largest absolute Gasteiger partial charge is 0.483 e. The van der Waals surface area contributed by atoms with Crippen molar-refractivity contribution in [1.82, 2.24) is 5.32 Å². The number of hydrogen-bond donors (Lipinski definition) is 1. The van der Waals surface area contributed by atoms with Gasteiger partial charge in [0.15, 0.2) is 17.4 Å². The summed E-state index contributed by atoms with van der Waals surface area (Å²) < 4.78 is 46.0. The first-order valence-electron chi connectivity index (χ1n) is 6.21. The van der Waals surface area contributed by atoms with E-state index >= 15 is 0 Å². The first-order valence-corrected chi connectivity index (χ1v) is 6.59. The molecule has 0 aliphatic rings. The monoisotopic (exact) mass is 315 g/mol. The van der Waals surface area contributed by atoms with Crippen molar-refractivity contribution >= 4 is 11.6 Å². The number of benzene rings is 2. The minimum absolute atomic E-state index is 0.120. The van der Waals surface area contributed by atoms with E-state index in [1.54, 1.807) is 7.05 Å². The van der Waals surface area contributed by atoms with Gasteiger partial charge in [0.1, 0.15) is 12.4 Å². The normalized spacial score (nSPS) is 10.7. The van der Waals surface area contributed by atoms with Gasteiger partial charge in [-0.1, -0.05) is 23.7 Å². The average Bonchev–Trinajstić information content (AvgIpc) is 2.42. The third-order valence-corrected chi connectivity index (χ3v) is 3.27. The van der Waals surface area contributed by atoms with Crippen molar-refractivity contribution in [2.75, 3.05) is 7.05 Å². The smallest absolute Gasteiger partial charge is 0.191 e. The van der Waals surface area contributed by atoms with Crippen molar-refractivity contribution in [1.29, 1.82) is 0 Å². The Morgan fingerprint density at radius 1 is 1.10 bits per heavy atom. The van der Waals surface area contributed by atoms with E-state index in [0.717, 1.165) is 0 Å². The van der Waals surface area contributed by atoms with Crippen molar-refractivity contribution in [3.05, 3.63) is 63.9 Å². The van der Waals surface area contributed by atoms with Gasteiger partial charge in [0.2, 0.25) is 0 Å². The molecular formula is C15H13ClF3NO.